The molecule has 1 aromatic heterocycles. The average molecular weight is 239 g/mol. The van der Waals surface area contributed by atoms with Gasteiger partial charge in [0.15, 0.2) is 0 Å². The van der Waals surface area contributed by atoms with Crippen molar-refractivity contribution < 1.29 is 0 Å². The lowest BCUT2D eigenvalue weighted by Crippen LogP contribution is -1.92. The highest BCUT2D eigenvalue weighted by atomic mass is 79.9. The van der Waals surface area contributed by atoms with Crippen molar-refractivity contribution in [3.63, 3.8) is 0 Å². The first-order chi connectivity index (χ1) is 6.34. The van der Waals surface area contributed by atoms with Crippen LogP contribution in [-0.4, -0.2) is 4.98 Å². The zero-order chi connectivity index (χ0) is 9.52. The van der Waals surface area contributed by atoms with Gasteiger partial charge >= 0.3 is 0 Å². The number of pyridine rings is 1. The van der Waals surface area contributed by atoms with Crippen LogP contribution in [0.1, 0.15) is 29.8 Å². The Morgan fingerprint density at radius 1 is 1.54 bits per heavy atom. The molecule has 0 fully saturated rings. The van der Waals surface area contributed by atoms with Crippen molar-refractivity contribution in [1.29, 1.82) is 5.26 Å². The first kappa shape index (κ1) is 10.2. The molecule has 1 unspecified atom stereocenters. The molecule has 0 aromatic carbocycles. The summed E-state index contributed by atoms with van der Waals surface area (Å²) in [6, 6.07) is 8.00. The number of alkyl halides is 1. The van der Waals surface area contributed by atoms with Crippen LogP contribution in [0.4, 0.5) is 0 Å². The van der Waals surface area contributed by atoms with Gasteiger partial charge in [-0.3, -0.25) is 4.98 Å². The van der Waals surface area contributed by atoms with E-state index < -0.39 is 0 Å². The van der Waals surface area contributed by atoms with Gasteiger partial charge in [-0.1, -0.05) is 22.0 Å². The third-order valence-electron chi connectivity index (χ3n) is 1.75. The van der Waals surface area contributed by atoms with Crippen LogP contribution >= 0.6 is 15.9 Å². The van der Waals surface area contributed by atoms with Gasteiger partial charge in [-0.2, -0.15) is 5.26 Å². The maximum Gasteiger partial charge on any atom is 0.0621 e. The van der Waals surface area contributed by atoms with E-state index in [1.807, 2.05) is 18.2 Å². The first-order valence-corrected chi connectivity index (χ1v) is 5.18. The second-order valence-corrected chi connectivity index (χ2v) is 3.88. The molecule has 0 saturated carbocycles. The highest BCUT2D eigenvalue weighted by Crippen LogP contribution is 2.25. The van der Waals surface area contributed by atoms with E-state index in [9.17, 15) is 0 Å². The Bertz CT molecular complexity index is 279. The fourth-order valence-electron chi connectivity index (χ4n) is 1.07. The predicted molar refractivity (Wildman–Crippen MR) is 55.4 cm³/mol. The number of rotatable bonds is 4. The Labute approximate surface area is 86.7 Å². The minimum absolute atomic E-state index is 0.280. The number of hydrogen-bond acceptors (Lipinski definition) is 2. The second-order valence-electron chi connectivity index (χ2n) is 2.77. The van der Waals surface area contributed by atoms with E-state index >= 15 is 0 Å². The van der Waals surface area contributed by atoms with E-state index in [4.69, 9.17) is 5.26 Å². The predicted octanol–water partition coefficient (Wildman–Crippen LogP) is 3.21. The minimum Gasteiger partial charge on any atom is -0.260 e. The average Bonchev–Trinajstić information content (AvgIpc) is 2.19. The molecule has 0 radical (unpaired) electrons. The monoisotopic (exact) mass is 238 g/mol. The van der Waals surface area contributed by atoms with E-state index in [2.05, 4.69) is 27.0 Å². The summed E-state index contributed by atoms with van der Waals surface area (Å²) < 4.78 is 0. The van der Waals surface area contributed by atoms with Crippen molar-refractivity contribution in [2.45, 2.75) is 24.1 Å². The lowest BCUT2D eigenvalue weighted by molar-refractivity contribution is 0.734. The molecule has 13 heavy (non-hydrogen) atoms. The molecule has 1 rings (SSSR count). The van der Waals surface area contributed by atoms with Crippen LogP contribution in [0, 0.1) is 11.3 Å². The van der Waals surface area contributed by atoms with E-state index in [1.165, 1.54) is 0 Å². The minimum atomic E-state index is 0.280. The Kier molecular flexibility index (Phi) is 4.48. The van der Waals surface area contributed by atoms with Crippen molar-refractivity contribution in [3.8, 4) is 6.07 Å². The van der Waals surface area contributed by atoms with Gasteiger partial charge in [0.05, 0.1) is 16.6 Å². The highest BCUT2D eigenvalue weighted by Gasteiger charge is 2.06. The van der Waals surface area contributed by atoms with Gasteiger partial charge in [0, 0.05) is 12.6 Å². The molecular formula is C10H11BrN2. The second kappa shape index (κ2) is 5.71. The zero-order valence-electron chi connectivity index (χ0n) is 7.28. The van der Waals surface area contributed by atoms with E-state index in [0.717, 1.165) is 18.5 Å². The number of hydrogen-bond donors (Lipinski definition) is 0. The molecule has 0 saturated heterocycles. The topological polar surface area (TPSA) is 36.7 Å². The van der Waals surface area contributed by atoms with Gasteiger partial charge in [0.1, 0.15) is 0 Å². The summed E-state index contributed by atoms with van der Waals surface area (Å²) in [5.41, 5.74) is 1.04. The third kappa shape index (κ3) is 3.56. The fraction of sp³-hybridized carbons (Fsp3) is 0.400. The van der Waals surface area contributed by atoms with Crippen LogP contribution < -0.4 is 0 Å². The van der Waals surface area contributed by atoms with E-state index in [0.29, 0.717) is 6.42 Å². The van der Waals surface area contributed by atoms with E-state index in [1.54, 1.807) is 6.20 Å². The summed E-state index contributed by atoms with van der Waals surface area (Å²) in [6.07, 6.45) is 4.29. The van der Waals surface area contributed by atoms with Crippen LogP contribution in [0.5, 0.6) is 0 Å². The summed E-state index contributed by atoms with van der Waals surface area (Å²) >= 11 is 3.54. The molecule has 0 aliphatic rings. The van der Waals surface area contributed by atoms with Crippen molar-refractivity contribution in [3.05, 3.63) is 30.1 Å². The Hall–Kier alpha value is -0.880. The molecule has 0 N–H and O–H groups in total. The normalized spacial score (nSPS) is 12.0. The van der Waals surface area contributed by atoms with Gasteiger partial charge in [-0.15, -0.1) is 0 Å². The van der Waals surface area contributed by atoms with E-state index in [-0.39, 0.29) is 4.83 Å². The lowest BCUT2D eigenvalue weighted by Gasteiger charge is -2.06. The molecule has 0 bridgehead atoms. The SMILES string of the molecule is N#CCCCC(Br)c1ccccn1. The number of nitriles is 1. The molecule has 0 aliphatic carbocycles. The van der Waals surface area contributed by atoms with Crippen molar-refractivity contribution in [2.75, 3.05) is 0 Å². The molecule has 0 aliphatic heterocycles. The van der Waals surface area contributed by atoms with Crippen LogP contribution in [-0.2, 0) is 0 Å². The van der Waals surface area contributed by atoms with Gasteiger partial charge in [0.25, 0.3) is 0 Å². The molecule has 1 heterocycles. The van der Waals surface area contributed by atoms with Crippen LogP contribution in [0.15, 0.2) is 24.4 Å². The molecular weight excluding hydrogens is 228 g/mol. The summed E-state index contributed by atoms with van der Waals surface area (Å²) in [5.74, 6) is 0. The Morgan fingerprint density at radius 2 is 2.38 bits per heavy atom. The smallest absolute Gasteiger partial charge is 0.0621 e. The summed E-state index contributed by atoms with van der Waals surface area (Å²) in [4.78, 5) is 4.51. The molecule has 0 spiro atoms. The number of aromatic nitrogens is 1. The number of nitrogens with zero attached hydrogens (tertiary/aromatic N) is 2. The summed E-state index contributed by atoms with van der Waals surface area (Å²) in [5, 5.41) is 8.37. The van der Waals surface area contributed by atoms with Gasteiger partial charge in [-0.05, 0) is 25.0 Å². The third-order valence-corrected chi connectivity index (χ3v) is 2.68. The molecule has 3 heteroatoms. The van der Waals surface area contributed by atoms with Crippen molar-refractivity contribution in [1.82, 2.24) is 4.98 Å². The molecule has 68 valence electrons. The van der Waals surface area contributed by atoms with Crippen molar-refractivity contribution in [2.24, 2.45) is 0 Å². The summed E-state index contributed by atoms with van der Waals surface area (Å²) in [7, 11) is 0. The fourth-order valence-corrected chi connectivity index (χ4v) is 1.66. The van der Waals surface area contributed by atoms with Gasteiger partial charge in [-0.25, -0.2) is 0 Å². The molecule has 2 nitrogen and oxygen atoms in total. The largest absolute Gasteiger partial charge is 0.260 e. The Balaban J connectivity index is 2.41. The highest BCUT2D eigenvalue weighted by molar-refractivity contribution is 9.09. The van der Waals surface area contributed by atoms with Gasteiger partial charge in [0.2, 0.25) is 0 Å². The maximum atomic E-state index is 8.37. The standard InChI is InChI=1S/C10H11BrN2/c11-9(5-1-3-7-12)10-6-2-4-8-13-10/h2,4,6,8-9H,1,3,5H2. The van der Waals surface area contributed by atoms with Gasteiger partial charge < -0.3 is 0 Å². The molecule has 1 atom stereocenters. The quantitative estimate of drug-likeness (QED) is 0.597. The molecule has 1 aromatic rings. The maximum absolute atomic E-state index is 8.37. The number of unbranched alkanes of at least 4 members (excludes halogenated alkanes) is 1. The Morgan fingerprint density at radius 3 is 3.00 bits per heavy atom. The first-order valence-electron chi connectivity index (χ1n) is 4.26. The van der Waals surface area contributed by atoms with Crippen LogP contribution in [0.3, 0.4) is 0 Å². The molecule has 0 amide bonds. The van der Waals surface area contributed by atoms with Crippen LogP contribution in [0.25, 0.3) is 0 Å². The summed E-state index contributed by atoms with van der Waals surface area (Å²) in [6.45, 7) is 0. The zero-order valence-corrected chi connectivity index (χ0v) is 8.87. The number of halogens is 1. The lowest BCUT2D eigenvalue weighted by atomic mass is 10.1. The van der Waals surface area contributed by atoms with Crippen molar-refractivity contribution >= 4 is 15.9 Å². The van der Waals surface area contributed by atoms with Crippen LogP contribution in [0.2, 0.25) is 0 Å².